The summed E-state index contributed by atoms with van der Waals surface area (Å²) in [6, 6.07) is 41.9. The highest BCUT2D eigenvalue weighted by Gasteiger charge is 2.66. The Labute approximate surface area is 389 Å². The minimum absolute atomic E-state index is 0.0406. The molecule has 2 spiro atoms. The van der Waals surface area contributed by atoms with Gasteiger partial charge in [-0.1, -0.05) is 98.0 Å². The molecule has 12 nitrogen and oxygen atoms in total. The molecule has 0 unspecified atom stereocenters. The Hall–Kier alpha value is -5.99. The lowest BCUT2D eigenvalue weighted by atomic mass is 9.82. The predicted octanol–water partition coefficient (Wildman–Crippen LogP) is 6.81. The number of nitrogens with zero attached hydrogens (tertiary/aromatic N) is 4. The Bertz CT molecular complexity index is 2540. The maximum atomic E-state index is 15.6. The van der Waals surface area contributed by atoms with Crippen molar-refractivity contribution in [2.45, 2.75) is 75.2 Å². The number of ether oxygens (including phenoxy) is 3. The summed E-state index contributed by atoms with van der Waals surface area (Å²) in [6.45, 7) is 9.32. The van der Waals surface area contributed by atoms with Crippen LogP contribution in [0.4, 0.5) is 17.1 Å². The number of carbonyl (C=O) groups is 3. The number of rotatable bonds is 14. The zero-order chi connectivity index (χ0) is 46.2. The van der Waals surface area contributed by atoms with Gasteiger partial charge in [0.05, 0.1) is 60.3 Å². The Morgan fingerprint density at radius 3 is 2.12 bits per heavy atom. The Morgan fingerprint density at radius 1 is 0.818 bits per heavy atom. The second-order valence-electron chi connectivity index (χ2n) is 18.7. The van der Waals surface area contributed by atoms with Gasteiger partial charge in [0.2, 0.25) is 5.91 Å². The van der Waals surface area contributed by atoms with Crippen molar-refractivity contribution in [2.24, 2.45) is 5.92 Å². The first kappa shape index (κ1) is 45.2. The van der Waals surface area contributed by atoms with Crippen LogP contribution >= 0.6 is 0 Å². The van der Waals surface area contributed by atoms with Crippen LogP contribution in [0.25, 0.3) is 0 Å². The maximum Gasteiger partial charge on any atom is 0.264 e. The lowest BCUT2D eigenvalue weighted by Gasteiger charge is -2.39. The second kappa shape index (κ2) is 18.4. The van der Waals surface area contributed by atoms with Crippen LogP contribution in [-0.4, -0.2) is 94.6 Å². The molecule has 2 N–H and O–H groups in total. The lowest BCUT2D eigenvalue weighted by molar-refractivity contribution is -0.150. The molecule has 0 saturated carbocycles. The highest BCUT2D eigenvalue weighted by Crippen LogP contribution is 2.60. The van der Waals surface area contributed by atoms with Crippen molar-refractivity contribution >= 4 is 48.0 Å². The Balaban J connectivity index is 1.04. The second-order valence-corrected chi connectivity index (χ2v) is 23.4. The maximum absolute atomic E-state index is 15.6. The third kappa shape index (κ3) is 7.85. The minimum atomic E-state index is -2.57. The normalized spacial score (nSPS) is 22.3. The minimum Gasteiger partial charge on any atom is -0.497 e. The van der Waals surface area contributed by atoms with Gasteiger partial charge >= 0.3 is 0 Å². The molecule has 0 aliphatic carbocycles. The molecule has 5 aromatic carbocycles. The number of fused-ring (bicyclic) bond motifs is 2. The van der Waals surface area contributed by atoms with Crippen molar-refractivity contribution in [3.8, 4) is 11.5 Å². The van der Waals surface area contributed by atoms with Crippen LogP contribution in [0.15, 0.2) is 127 Å². The Morgan fingerprint density at radius 2 is 1.47 bits per heavy atom. The van der Waals surface area contributed by atoms with Crippen LogP contribution in [0.1, 0.15) is 42.9 Å². The highest BCUT2D eigenvalue weighted by atomic mass is 28.3. The molecule has 66 heavy (non-hydrogen) atoms. The van der Waals surface area contributed by atoms with Gasteiger partial charge < -0.3 is 39.3 Å². The SMILES string of the molecule is COc1ccc([Si](C)(C)[C@@H]2[C@@H](CC(=O)N(CCO)Cc3ccccc3)O[C@]3(C(=O)N(Cc4ccc(N5CN(c6ccccc6)C6(CCNCC6)C5=O)cc4)c4ccc(OC)cc43)[C@H]2C)cc1. The van der Waals surface area contributed by atoms with Crippen molar-refractivity contribution in [1.82, 2.24) is 10.2 Å². The topological polar surface area (TPSA) is 124 Å². The van der Waals surface area contributed by atoms with Gasteiger partial charge in [0.25, 0.3) is 11.8 Å². The van der Waals surface area contributed by atoms with Crippen molar-refractivity contribution < 1.29 is 33.7 Å². The van der Waals surface area contributed by atoms with E-state index in [1.807, 2.05) is 113 Å². The third-order valence-corrected chi connectivity index (χ3v) is 19.2. The van der Waals surface area contributed by atoms with E-state index in [0.29, 0.717) is 19.0 Å². The van der Waals surface area contributed by atoms with Crippen LogP contribution in [0, 0.1) is 5.92 Å². The number of aliphatic hydroxyl groups is 1. The zero-order valence-corrected chi connectivity index (χ0v) is 39.6. The van der Waals surface area contributed by atoms with E-state index in [1.54, 1.807) is 19.1 Å². The van der Waals surface area contributed by atoms with Crippen LogP contribution in [0.5, 0.6) is 11.5 Å². The fourth-order valence-corrected chi connectivity index (χ4v) is 15.4. The van der Waals surface area contributed by atoms with Crippen LogP contribution in [0.2, 0.25) is 18.6 Å². The molecule has 0 bridgehead atoms. The van der Waals surface area contributed by atoms with Gasteiger partial charge in [0, 0.05) is 35.9 Å². The first-order valence-electron chi connectivity index (χ1n) is 23.1. The Kier molecular flexibility index (Phi) is 12.6. The van der Waals surface area contributed by atoms with E-state index in [-0.39, 0.29) is 55.3 Å². The molecule has 13 heteroatoms. The van der Waals surface area contributed by atoms with Gasteiger partial charge in [-0.25, -0.2) is 0 Å². The van der Waals surface area contributed by atoms with Gasteiger partial charge in [0.1, 0.15) is 17.0 Å². The molecule has 4 aliphatic rings. The number of amides is 3. The standard InChI is InChI=1S/C53H61N5O7Si/c1-37-49(66(4,5)44-23-20-42(63-2)21-24-44)47(33-48(60)55(30-31-59)34-38-12-8-6-9-13-38)65-53(37)45-32-43(64-3)22-25-46(45)56(51(53)62)35-39-16-18-40(19-17-39)57-36-58(41-14-10-7-11-15-41)52(50(57)61)26-28-54-29-27-52/h6-25,32,37,47,49,54,59H,26-31,33-36H2,1-5H3/t37-,47+,49-,53+/m0/s1. The number of hydrogen-bond donors (Lipinski definition) is 2. The van der Waals surface area contributed by atoms with Crippen molar-refractivity contribution in [3.63, 3.8) is 0 Å². The number of hydrogen-bond acceptors (Lipinski definition) is 9. The van der Waals surface area contributed by atoms with Gasteiger partial charge in [-0.15, -0.1) is 0 Å². The van der Waals surface area contributed by atoms with E-state index in [2.05, 4.69) is 54.5 Å². The van der Waals surface area contributed by atoms with Crippen molar-refractivity contribution in [3.05, 3.63) is 144 Å². The molecular weight excluding hydrogens is 847 g/mol. The van der Waals surface area contributed by atoms with E-state index < -0.39 is 25.3 Å². The molecule has 9 rings (SSSR count). The summed E-state index contributed by atoms with van der Waals surface area (Å²) in [5.74, 6) is 0.797. The van der Waals surface area contributed by atoms with E-state index in [1.165, 1.54) is 0 Å². The average Bonchev–Trinajstić information content (AvgIpc) is 3.89. The molecule has 344 valence electrons. The van der Waals surface area contributed by atoms with Gasteiger partial charge in [-0.2, -0.15) is 0 Å². The van der Waals surface area contributed by atoms with Gasteiger partial charge in [0.15, 0.2) is 5.60 Å². The van der Waals surface area contributed by atoms with Crippen molar-refractivity contribution in [2.75, 3.05) is 61.8 Å². The summed E-state index contributed by atoms with van der Waals surface area (Å²) in [4.78, 5) is 52.3. The molecule has 4 atom stereocenters. The number of nitrogens with one attached hydrogen (secondary N) is 1. The largest absolute Gasteiger partial charge is 0.497 e. The fourth-order valence-electron chi connectivity index (χ4n) is 11.4. The highest BCUT2D eigenvalue weighted by molar-refractivity contribution is 6.91. The lowest BCUT2D eigenvalue weighted by Crippen LogP contribution is -2.55. The van der Waals surface area contributed by atoms with E-state index >= 15 is 4.79 Å². The molecule has 0 aromatic heterocycles. The molecule has 3 amide bonds. The van der Waals surface area contributed by atoms with Crippen LogP contribution < -0.4 is 34.7 Å². The quantitative estimate of drug-likeness (QED) is 0.116. The predicted molar refractivity (Wildman–Crippen MR) is 260 cm³/mol. The smallest absolute Gasteiger partial charge is 0.264 e. The molecule has 4 heterocycles. The monoisotopic (exact) mass is 907 g/mol. The number of carbonyl (C=O) groups excluding carboxylic acids is 3. The number of methoxy groups -OCH3 is 2. The fraction of sp³-hybridized carbons (Fsp3) is 0.377. The summed E-state index contributed by atoms with van der Waals surface area (Å²) in [5, 5.41) is 14.7. The first-order valence-corrected chi connectivity index (χ1v) is 26.2. The van der Waals surface area contributed by atoms with E-state index in [4.69, 9.17) is 14.2 Å². The number of anilines is 3. The third-order valence-electron chi connectivity index (χ3n) is 14.9. The number of aliphatic hydroxyl groups excluding tert-OH is 1. The molecule has 3 fully saturated rings. The zero-order valence-electron chi connectivity index (χ0n) is 38.6. The summed E-state index contributed by atoms with van der Waals surface area (Å²) in [5.41, 5.74) is 2.96. The average molecular weight is 908 g/mol. The van der Waals surface area contributed by atoms with Crippen LogP contribution in [-0.2, 0) is 37.8 Å². The van der Waals surface area contributed by atoms with Gasteiger partial charge in [-0.05, 0) is 97.2 Å². The summed E-state index contributed by atoms with van der Waals surface area (Å²) >= 11 is 0. The van der Waals surface area contributed by atoms with Gasteiger partial charge in [-0.3, -0.25) is 19.3 Å². The molecule has 5 aromatic rings. The number of piperidine rings is 1. The summed E-state index contributed by atoms with van der Waals surface area (Å²) in [7, 11) is 0.697. The van der Waals surface area contributed by atoms with E-state index in [0.717, 1.165) is 70.6 Å². The summed E-state index contributed by atoms with van der Waals surface area (Å²) in [6.07, 6.45) is 0.873. The van der Waals surface area contributed by atoms with E-state index in [9.17, 15) is 14.7 Å². The number of para-hydroxylation sites is 1. The van der Waals surface area contributed by atoms with Crippen molar-refractivity contribution in [1.29, 1.82) is 0 Å². The number of benzene rings is 5. The molecule has 3 saturated heterocycles. The van der Waals surface area contributed by atoms with Crippen LogP contribution in [0.3, 0.4) is 0 Å². The molecule has 0 radical (unpaired) electrons. The summed E-state index contributed by atoms with van der Waals surface area (Å²) < 4.78 is 18.7. The molecule has 4 aliphatic heterocycles. The molecular formula is C53H61N5O7Si. The first-order chi connectivity index (χ1) is 31.9.